The summed E-state index contributed by atoms with van der Waals surface area (Å²) in [5, 5.41) is 19.7. The second-order valence-electron chi connectivity index (χ2n) is 5.35. The van der Waals surface area contributed by atoms with Crippen LogP contribution in [-0.2, 0) is 4.79 Å². The van der Waals surface area contributed by atoms with Gasteiger partial charge in [0.2, 0.25) is 0 Å². The fraction of sp³-hybridized carbons (Fsp3) is 0.467. The standard InChI is InChI=1S/C15H20BrNO4/c1-8(2)14(19)17-7-10-5-11(16)6-12(18)13(10)21-15(20)9(3)4/h5-9,14,18-19H,1-4H3. The number of halogens is 1. The third-order valence-electron chi connectivity index (χ3n) is 2.70. The molecular weight excluding hydrogens is 338 g/mol. The lowest BCUT2D eigenvalue weighted by atomic mass is 10.1. The summed E-state index contributed by atoms with van der Waals surface area (Å²) in [4.78, 5) is 15.7. The van der Waals surface area contributed by atoms with Crippen molar-refractivity contribution in [2.45, 2.75) is 33.9 Å². The number of phenols is 1. The van der Waals surface area contributed by atoms with Crippen LogP contribution in [-0.4, -0.2) is 28.6 Å². The molecule has 0 saturated heterocycles. The van der Waals surface area contributed by atoms with Gasteiger partial charge in [-0.25, -0.2) is 0 Å². The first-order chi connectivity index (χ1) is 9.72. The number of benzene rings is 1. The molecule has 0 saturated carbocycles. The van der Waals surface area contributed by atoms with Crippen molar-refractivity contribution in [2.75, 3.05) is 0 Å². The second kappa shape index (κ2) is 7.56. The number of aliphatic hydroxyl groups excluding tert-OH is 1. The van der Waals surface area contributed by atoms with E-state index in [1.54, 1.807) is 19.9 Å². The molecule has 0 aliphatic rings. The zero-order valence-corrected chi connectivity index (χ0v) is 14.1. The molecule has 0 aromatic heterocycles. The van der Waals surface area contributed by atoms with E-state index in [0.29, 0.717) is 10.0 Å². The molecule has 0 bridgehead atoms. The summed E-state index contributed by atoms with van der Waals surface area (Å²) in [6.07, 6.45) is 0.526. The number of hydrogen-bond acceptors (Lipinski definition) is 5. The van der Waals surface area contributed by atoms with Crippen LogP contribution < -0.4 is 4.74 Å². The third-order valence-corrected chi connectivity index (χ3v) is 3.16. The van der Waals surface area contributed by atoms with Gasteiger partial charge in [-0.15, -0.1) is 0 Å². The largest absolute Gasteiger partial charge is 0.504 e. The van der Waals surface area contributed by atoms with E-state index < -0.39 is 12.2 Å². The van der Waals surface area contributed by atoms with Crippen molar-refractivity contribution in [2.24, 2.45) is 16.8 Å². The SMILES string of the molecule is CC(C)C(=O)Oc1c(O)cc(Br)cc1C=NC(O)C(C)C. The molecule has 1 aromatic rings. The number of rotatable bonds is 5. The molecule has 1 aromatic carbocycles. The molecular formula is C15H20BrNO4. The van der Waals surface area contributed by atoms with Gasteiger partial charge in [-0.1, -0.05) is 43.6 Å². The van der Waals surface area contributed by atoms with Crippen LogP contribution in [0, 0.1) is 11.8 Å². The minimum Gasteiger partial charge on any atom is -0.504 e. The molecule has 2 N–H and O–H groups in total. The molecule has 0 radical (unpaired) electrons. The highest BCUT2D eigenvalue weighted by molar-refractivity contribution is 9.10. The monoisotopic (exact) mass is 357 g/mol. The molecule has 1 atom stereocenters. The third kappa shape index (κ3) is 5.13. The first-order valence-corrected chi connectivity index (χ1v) is 7.47. The van der Waals surface area contributed by atoms with Gasteiger partial charge in [0.05, 0.1) is 5.92 Å². The van der Waals surface area contributed by atoms with E-state index in [0.717, 1.165) is 0 Å². The number of carbonyl (C=O) groups excluding carboxylic acids is 1. The number of aliphatic hydroxyl groups is 1. The molecule has 5 nitrogen and oxygen atoms in total. The summed E-state index contributed by atoms with van der Waals surface area (Å²) in [6, 6.07) is 3.08. The first kappa shape index (κ1) is 17.7. The van der Waals surface area contributed by atoms with Crippen molar-refractivity contribution in [1.82, 2.24) is 0 Å². The van der Waals surface area contributed by atoms with Crippen molar-refractivity contribution in [1.29, 1.82) is 0 Å². The average molecular weight is 358 g/mol. The predicted octanol–water partition coefficient (Wildman–Crippen LogP) is 3.11. The second-order valence-corrected chi connectivity index (χ2v) is 6.27. The van der Waals surface area contributed by atoms with E-state index in [1.807, 2.05) is 13.8 Å². The normalized spacial score (nSPS) is 13.1. The Morgan fingerprint density at radius 2 is 1.95 bits per heavy atom. The number of hydrogen-bond donors (Lipinski definition) is 2. The molecule has 0 aliphatic carbocycles. The molecule has 1 unspecified atom stereocenters. The Hall–Kier alpha value is -1.40. The maximum atomic E-state index is 11.7. The van der Waals surface area contributed by atoms with Crippen LogP contribution in [0.15, 0.2) is 21.6 Å². The lowest BCUT2D eigenvalue weighted by molar-refractivity contribution is -0.137. The summed E-state index contributed by atoms with van der Waals surface area (Å²) in [6.45, 7) is 7.07. The quantitative estimate of drug-likeness (QED) is 0.482. The number of nitrogens with zero attached hydrogens (tertiary/aromatic N) is 1. The minimum absolute atomic E-state index is 0.0383. The van der Waals surface area contributed by atoms with E-state index in [-0.39, 0.29) is 23.3 Å². The Bertz CT molecular complexity index is 541. The fourth-order valence-corrected chi connectivity index (χ4v) is 1.82. The molecule has 0 spiro atoms. The molecule has 0 amide bonds. The predicted molar refractivity (Wildman–Crippen MR) is 84.7 cm³/mol. The molecule has 21 heavy (non-hydrogen) atoms. The van der Waals surface area contributed by atoms with Gasteiger partial charge in [0, 0.05) is 16.3 Å². The molecule has 6 heteroatoms. The smallest absolute Gasteiger partial charge is 0.313 e. The van der Waals surface area contributed by atoms with Crippen molar-refractivity contribution < 1.29 is 19.7 Å². The lowest BCUT2D eigenvalue weighted by Gasteiger charge is -2.13. The van der Waals surface area contributed by atoms with Crippen molar-refractivity contribution in [3.05, 3.63) is 22.2 Å². The van der Waals surface area contributed by atoms with Gasteiger partial charge in [0.15, 0.2) is 11.5 Å². The Morgan fingerprint density at radius 3 is 2.48 bits per heavy atom. The highest BCUT2D eigenvalue weighted by Crippen LogP contribution is 2.33. The molecule has 1 rings (SSSR count). The van der Waals surface area contributed by atoms with Crippen molar-refractivity contribution in [3.8, 4) is 11.5 Å². The topological polar surface area (TPSA) is 79.1 Å². The Labute approximate surface area is 132 Å². The first-order valence-electron chi connectivity index (χ1n) is 6.67. The Balaban J connectivity index is 3.14. The zero-order chi connectivity index (χ0) is 16.2. The highest BCUT2D eigenvalue weighted by atomic mass is 79.9. The van der Waals surface area contributed by atoms with Crippen LogP contribution in [0.2, 0.25) is 0 Å². The number of aromatic hydroxyl groups is 1. The van der Waals surface area contributed by atoms with Gasteiger partial charge >= 0.3 is 5.97 Å². The number of ether oxygens (including phenoxy) is 1. The van der Waals surface area contributed by atoms with Crippen LogP contribution in [0.4, 0.5) is 0 Å². The van der Waals surface area contributed by atoms with E-state index in [9.17, 15) is 15.0 Å². The number of carbonyl (C=O) groups is 1. The molecule has 0 fully saturated rings. The molecule has 0 aliphatic heterocycles. The van der Waals surface area contributed by atoms with Gasteiger partial charge in [0.25, 0.3) is 0 Å². The van der Waals surface area contributed by atoms with Gasteiger partial charge in [-0.2, -0.15) is 0 Å². The molecule has 0 heterocycles. The van der Waals surface area contributed by atoms with Crippen LogP contribution in [0.1, 0.15) is 33.3 Å². The maximum Gasteiger partial charge on any atom is 0.313 e. The summed E-state index contributed by atoms with van der Waals surface area (Å²) < 4.78 is 5.82. The van der Waals surface area contributed by atoms with E-state index in [4.69, 9.17) is 4.74 Å². The Morgan fingerprint density at radius 1 is 1.33 bits per heavy atom. The van der Waals surface area contributed by atoms with Crippen molar-refractivity contribution >= 4 is 28.1 Å². The Kier molecular flexibility index (Phi) is 6.36. The highest BCUT2D eigenvalue weighted by Gasteiger charge is 2.17. The van der Waals surface area contributed by atoms with E-state index in [1.165, 1.54) is 12.3 Å². The van der Waals surface area contributed by atoms with Crippen LogP contribution in [0.25, 0.3) is 0 Å². The number of aliphatic imine (C=N–C) groups is 1. The van der Waals surface area contributed by atoms with Crippen LogP contribution in [0.3, 0.4) is 0 Å². The minimum atomic E-state index is -0.861. The van der Waals surface area contributed by atoms with E-state index in [2.05, 4.69) is 20.9 Å². The van der Waals surface area contributed by atoms with Gasteiger partial charge < -0.3 is 14.9 Å². The summed E-state index contributed by atoms with van der Waals surface area (Å²) >= 11 is 3.25. The fourth-order valence-electron chi connectivity index (χ4n) is 1.35. The molecule has 116 valence electrons. The van der Waals surface area contributed by atoms with Crippen LogP contribution >= 0.6 is 15.9 Å². The summed E-state index contributed by atoms with van der Waals surface area (Å²) in [7, 11) is 0. The summed E-state index contributed by atoms with van der Waals surface area (Å²) in [5.41, 5.74) is 0.413. The summed E-state index contributed by atoms with van der Waals surface area (Å²) in [5.74, 6) is -0.940. The number of phenolic OH excluding ortho intramolecular Hbond substituents is 1. The number of esters is 1. The lowest BCUT2D eigenvalue weighted by Crippen LogP contribution is -2.16. The van der Waals surface area contributed by atoms with Crippen LogP contribution in [0.5, 0.6) is 11.5 Å². The van der Waals surface area contributed by atoms with Gasteiger partial charge in [-0.05, 0) is 18.1 Å². The van der Waals surface area contributed by atoms with E-state index >= 15 is 0 Å². The van der Waals surface area contributed by atoms with Crippen molar-refractivity contribution in [3.63, 3.8) is 0 Å². The van der Waals surface area contributed by atoms with Gasteiger partial charge in [-0.3, -0.25) is 9.79 Å². The zero-order valence-electron chi connectivity index (χ0n) is 12.5. The maximum absolute atomic E-state index is 11.7. The van der Waals surface area contributed by atoms with Gasteiger partial charge in [0.1, 0.15) is 6.23 Å². The average Bonchev–Trinajstić information content (AvgIpc) is 2.38.